The van der Waals surface area contributed by atoms with Gasteiger partial charge in [0.25, 0.3) is 0 Å². The third-order valence-corrected chi connectivity index (χ3v) is 11.5. The van der Waals surface area contributed by atoms with Crippen LogP contribution in [-0.2, 0) is 5.41 Å². The van der Waals surface area contributed by atoms with Crippen molar-refractivity contribution in [3.05, 3.63) is 227 Å². The van der Waals surface area contributed by atoms with Crippen molar-refractivity contribution in [2.75, 3.05) is 9.80 Å². The molecule has 0 fully saturated rings. The summed E-state index contributed by atoms with van der Waals surface area (Å²) in [6, 6.07) is 64.8. The van der Waals surface area contributed by atoms with E-state index < -0.39 is 5.41 Å². The quantitative estimate of drug-likeness (QED) is 0.172. The highest BCUT2D eigenvalue weighted by Gasteiger charge is 2.53. The molecule has 2 heteroatoms. The average molecular weight is 681 g/mol. The van der Waals surface area contributed by atoms with E-state index in [2.05, 4.69) is 206 Å². The van der Waals surface area contributed by atoms with Crippen LogP contribution in [0.4, 0.5) is 28.4 Å². The first kappa shape index (κ1) is 31.4. The Bertz CT molecular complexity index is 2440. The van der Waals surface area contributed by atoms with Crippen LogP contribution in [0.3, 0.4) is 0 Å². The molecule has 0 radical (unpaired) electrons. The summed E-state index contributed by atoms with van der Waals surface area (Å²) in [7, 11) is 0. The van der Waals surface area contributed by atoms with Crippen LogP contribution in [0, 0.1) is 13.8 Å². The zero-order valence-electron chi connectivity index (χ0n) is 30.1. The lowest BCUT2D eigenvalue weighted by atomic mass is 9.68. The van der Waals surface area contributed by atoms with Gasteiger partial charge in [0, 0.05) is 34.1 Å². The zero-order valence-corrected chi connectivity index (χ0v) is 30.1. The second kappa shape index (κ2) is 12.4. The topological polar surface area (TPSA) is 6.48 Å². The second-order valence-corrected chi connectivity index (χ2v) is 14.6. The van der Waals surface area contributed by atoms with Crippen molar-refractivity contribution in [1.29, 1.82) is 0 Å². The molecule has 0 saturated carbocycles. The van der Waals surface area contributed by atoms with E-state index in [1.807, 2.05) is 0 Å². The molecule has 0 aromatic heterocycles. The van der Waals surface area contributed by atoms with Gasteiger partial charge in [-0.1, -0.05) is 126 Å². The number of aryl methyl sites for hydroxylation is 2. The summed E-state index contributed by atoms with van der Waals surface area (Å²) in [5, 5.41) is 0. The van der Waals surface area contributed by atoms with Gasteiger partial charge in [-0.05, 0) is 138 Å². The Morgan fingerprint density at radius 2 is 0.830 bits per heavy atom. The van der Waals surface area contributed by atoms with Gasteiger partial charge in [-0.25, -0.2) is 0 Å². The van der Waals surface area contributed by atoms with E-state index >= 15 is 0 Å². The van der Waals surface area contributed by atoms with Gasteiger partial charge >= 0.3 is 0 Å². The molecule has 0 aliphatic heterocycles. The van der Waals surface area contributed by atoms with E-state index in [1.54, 1.807) is 0 Å². The van der Waals surface area contributed by atoms with Crippen LogP contribution in [0.15, 0.2) is 193 Å². The maximum Gasteiger partial charge on any atom is 0.0723 e. The predicted octanol–water partition coefficient (Wildman–Crippen LogP) is 13.4. The molecule has 254 valence electrons. The monoisotopic (exact) mass is 680 g/mol. The minimum absolute atomic E-state index is 0.465. The van der Waals surface area contributed by atoms with Gasteiger partial charge in [-0.3, -0.25) is 0 Å². The molecule has 0 atom stereocenters. The minimum Gasteiger partial charge on any atom is -0.314 e. The van der Waals surface area contributed by atoms with E-state index in [0.717, 1.165) is 29.9 Å². The van der Waals surface area contributed by atoms with Crippen LogP contribution in [0.25, 0.3) is 16.7 Å². The van der Waals surface area contributed by atoms with E-state index in [-0.39, 0.29) is 0 Å². The Morgan fingerprint density at radius 3 is 1.32 bits per heavy atom. The number of benzene rings is 7. The molecule has 1 spiro atoms. The van der Waals surface area contributed by atoms with Gasteiger partial charge in [-0.15, -0.1) is 0 Å². The third kappa shape index (κ3) is 4.86. The standard InChI is InChI=1S/C51H40N2/c1-35-23-27-43-44-28-24-36(2)32-48(44)51(47(43)31-35)49-33-41(52(37-15-7-3-8-16-37)38-17-9-4-10-18-38)25-29-45(49)46-30-26-42(34-50(46)51)53(39-19-11-5-12-20-39)40-21-13-6-14-22-40/h3-25,27-29,31-34H,26,30H2,1-2H3. The fraction of sp³-hybridized carbons (Fsp3) is 0.0980. The minimum atomic E-state index is -0.465. The lowest BCUT2D eigenvalue weighted by Crippen LogP contribution is -2.29. The number of rotatable bonds is 6. The molecule has 0 N–H and O–H groups in total. The normalized spacial score (nSPS) is 14.6. The van der Waals surface area contributed by atoms with Gasteiger partial charge in [-0.2, -0.15) is 0 Å². The second-order valence-electron chi connectivity index (χ2n) is 14.6. The number of para-hydroxylation sites is 4. The van der Waals surface area contributed by atoms with E-state index in [4.69, 9.17) is 0 Å². The maximum atomic E-state index is 2.56. The molecule has 53 heavy (non-hydrogen) atoms. The summed E-state index contributed by atoms with van der Waals surface area (Å²) in [6.07, 6.45) is 4.48. The van der Waals surface area contributed by atoms with Crippen molar-refractivity contribution >= 4 is 34.0 Å². The van der Waals surface area contributed by atoms with Gasteiger partial charge < -0.3 is 9.80 Å². The Balaban J connectivity index is 1.26. The van der Waals surface area contributed by atoms with Crippen molar-refractivity contribution in [2.45, 2.75) is 32.1 Å². The molecule has 2 nitrogen and oxygen atoms in total. The lowest BCUT2D eigenvalue weighted by molar-refractivity contribution is 0.771. The van der Waals surface area contributed by atoms with E-state index in [1.165, 1.54) is 72.7 Å². The van der Waals surface area contributed by atoms with Gasteiger partial charge in [0.1, 0.15) is 0 Å². The maximum absolute atomic E-state index is 2.56. The fourth-order valence-electron chi connectivity index (χ4n) is 9.26. The summed E-state index contributed by atoms with van der Waals surface area (Å²) in [4.78, 5) is 4.88. The van der Waals surface area contributed by atoms with Crippen LogP contribution >= 0.6 is 0 Å². The summed E-state index contributed by atoms with van der Waals surface area (Å²) >= 11 is 0. The number of hydrogen-bond acceptors (Lipinski definition) is 2. The molecule has 0 unspecified atom stereocenters. The van der Waals surface area contributed by atoms with E-state index in [0.29, 0.717) is 0 Å². The SMILES string of the molecule is Cc1ccc2c(c1)C1(C3=C(CCC(N(c4ccccc4)c4ccccc4)=C3)c3ccc(N(c4ccccc4)c4ccccc4)cc31)c1cc(C)ccc1-2. The first-order valence-electron chi connectivity index (χ1n) is 18.7. The molecular weight excluding hydrogens is 641 g/mol. The molecule has 10 rings (SSSR count). The van der Waals surface area contributed by atoms with Crippen LogP contribution in [0.5, 0.6) is 0 Å². The molecule has 3 aliphatic rings. The van der Waals surface area contributed by atoms with Crippen molar-refractivity contribution in [1.82, 2.24) is 0 Å². The Hall–Kier alpha value is -6.38. The summed E-state index contributed by atoms with van der Waals surface area (Å²) in [6.45, 7) is 4.48. The highest BCUT2D eigenvalue weighted by atomic mass is 15.2. The number of hydrogen-bond donors (Lipinski definition) is 0. The highest BCUT2D eigenvalue weighted by Crippen LogP contribution is 2.64. The lowest BCUT2D eigenvalue weighted by Gasteiger charge is -2.36. The molecule has 3 aliphatic carbocycles. The molecule has 0 amide bonds. The molecule has 0 bridgehead atoms. The first-order chi connectivity index (χ1) is 26.1. The Morgan fingerprint density at radius 1 is 0.396 bits per heavy atom. The summed E-state index contributed by atoms with van der Waals surface area (Å²) in [5.74, 6) is 0. The van der Waals surface area contributed by atoms with Gasteiger partial charge in [0.05, 0.1) is 5.41 Å². The summed E-state index contributed by atoms with van der Waals surface area (Å²) in [5.41, 5.74) is 20.3. The van der Waals surface area contributed by atoms with Gasteiger partial charge in [0.2, 0.25) is 0 Å². The fourth-order valence-corrected chi connectivity index (χ4v) is 9.26. The average Bonchev–Trinajstić information content (AvgIpc) is 3.65. The van der Waals surface area contributed by atoms with Crippen LogP contribution < -0.4 is 9.80 Å². The molecule has 0 saturated heterocycles. The number of anilines is 5. The van der Waals surface area contributed by atoms with E-state index in [9.17, 15) is 0 Å². The smallest absolute Gasteiger partial charge is 0.0723 e. The van der Waals surface area contributed by atoms with Crippen molar-refractivity contribution < 1.29 is 0 Å². The number of allylic oxidation sites excluding steroid dienone is 4. The third-order valence-electron chi connectivity index (χ3n) is 11.5. The Kier molecular flexibility index (Phi) is 7.33. The highest BCUT2D eigenvalue weighted by molar-refractivity contribution is 5.98. The van der Waals surface area contributed by atoms with Crippen molar-refractivity contribution in [3.63, 3.8) is 0 Å². The molecular formula is C51H40N2. The van der Waals surface area contributed by atoms with Crippen LogP contribution in [0.2, 0.25) is 0 Å². The predicted molar refractivity (Wildman–Crippen MR) is 222 cm³/mol. The summed E-state index contributed by atoms with van der Waals surface area (Å²) < 4.78 is 0. The molecule has 7 aromatic rings. The number of fused-ring (bicyclic) bond motifs is 9. The molecule has 0 heterocycles. The number of nitrogens with zero attached hydrogens (tertiary/aromatic N) is 2. The van der Waals surface area contributed by atoms with Gasteiger partial charge in [0.15, 0.2) is 0 Å². The zero-order chi connectivity index (χ0) is 35.5. The van der Waals surface area contributed by atoms with Crippen LogP contribution in [-0.4, -0.2) is 0 Å². The largest absolute Gasteiger partial charge is 0.314 e. The van der Waals surface area contributed by atoms with Crippen molar-refractivity contribution in [3.8, 4) is 11.1 Å². The van der Waals surface area contributed by atoms with Crippen molar-refractivity contribution in [2.24, 2.45) is 0 Å². The van der Waals surface area contributed by atoms with Crippen LogP contribution in [0.1, 0.15) is 46.2 Å². The Labute approximate surface area is 312 Å². The first-order valence-corrected chi connectivity index (χ1v) is 18.7. The molecule has 7 aromatic carbocycles.